The van der Waals surface area contributed by atoms with Crippen LogP contribution in [-0.4, -0.2) is 9.55 Å². The van der Waals surface area contributed by atoms with Gasteiger partial charge in [-0.25, -0.2) is 4.98 Å². The molecule has 1 atom stereocenters. The smallest absolute Gasteiger partial charge is 0.105 e. The van der Waals surface area contributed by atoms with Crippen molar-refractivity contribution < 1.29 is 0 Å². The van der Waals surface area contributed by atoms with Crippen molar-refractivity contribution in [3.05, 3.63) is 17.7 Å². The van der Waals surface area contributed by atoms with Crippen molar-refractivity contribution in [2.45, 2.75) is 32.6 Å². The fourth-order valence-electron chi connectivity index (χ4n) is 1.35. The molecule has 2 nitrogen and oxygen atoms in total. The van der Waals surface area contributed by atoms with Crippen LogP contribution < -0.4 is 0 Å². The number of alkyl halides is 1. The van der Waals surface area contributed by atoms with Crippen molar-refractivity contribution in [1.82, 2.24) is 9.55 Å². The Morgan fingerprint density at radius 3 is 2.54 bits per heavy atom. The van der Waals surface area contributed by atoms with Crippen molar-refractivity contribution in [3.63, 3.8) is 0 Å². The van der Waals surface area contributed by atoms with Crippen molar-refractivity contribution in [1.29, 1.82) is 0 Å². The van der Waals surface area contributed by atoms with Gasteiger partial charge in [-0.1, -0.05) is 13.8 Å². The minimum absolute atomic E-state index is 0.0891. The highest BCUT2D eigenvalue weighted by molar-refractivity contribution is 6.20. The molecule has 0 saturated heterocycles. The number of halogens is 1. The first-order chi connectivity index (χ1) is 6.02. The highest BCUT2D eigenvalue weighted by Crippen LogP contribution is 2.27. The van der Waals surface area contributed by atoms with Gasteiger partial charge in [-0.15, -0.1) is 11.6 Å². The summed E-state index contributed by atoms with van der Waals surface area (Å²) < 4.78 is 2.06. The third kappa shape index (κ3) is 2.47. The number of aryl methyl sites for hydroxylation is 1. The molecular weight excluding hydrogens is 184 g/mol. The van der Waals surface area contributed by atoms with Crippen molar-refractivity contribution >= 4 is 11.6 Å². The summed E-state index contributed by atoms with van der Waals surface area (Å²) in [5.74, 6) is 1.64. The van der Waals surface area contributed by atoms with Crippen LogP contribution in [-0.2, 0) is 7.05 Å². The molecule has 1 unspecified atom stereocenters. The second-order valence-electron chi connectivity index (χ2n) is 3.89. The zero-order chi connectivity index (χ0) is 10.0. The normalized spacial score (nSPS) is 13.7. The Kier molecular flexibility index (Phi) is 3.37. The van der Waals surface area contributed by atoms with Crippen LogP contribution in [0.1, 0.15) is 37.2 Å². The Morgan fingerprint density at radius 2 is 2.15 bits per heavy atom. The fourth-order valence-corrected chi connectivity index (χ4v) is 1.90. The highest BCUT2D eigenvalue weighted by atomic mass is 35.5. The summed E-state index contributed by atoms with van der Waals surface area (Å²) in [6.07, 6.45) is 2.87. The van der Waals surface area contributed by atoms with Gasteiger partial charge in [-0.05, 0) is 19.3 Å². The van der Waals surface area contributed by atoms with Crippen LogP contribution in [0.2, 0.25) is 0 Å². The highest BCUT2D eigenvalue weighted by Gasteiger charge is 2.14. The number of hydrogen-bond donors (Lipinski definition) is 0. The summed E-state index contributed by atoms with van der Waals surface area (Å²) in [6, 6.07) is 0. The fraction of sp³-hybridized carbons (Fsp3) is 0.700. The van der Waals surface area contributed by atoms with Crippen molar-refractivity contribution in [3.8, 4) is 0 Å². The average molecular weight is 201 g/mol. The standard InChI is InChI=1S/C10H17ClN2/c1-7(2)5-9(11)10-6-12-8(3)13(10)4/h6-7,9H,5H2,1-4H3. The van der Waals surface area contributed by atoms with Crippen LogP contribution in [0.4, 0.5) is 0 Å². The Hall–Kier alpha value is -0.500. The lowest BCUT2D eigenvalue weighted by atomic mass is 10.1. The predicted molar refractivity (Wildman–Crippen MR) is 56.0 cm³/mol. The first-order valence-electron chi connectivity index (χ1n) is 4.64. The molecule has 0 radical (unpaired) electrons. The Balaban J connectivity index is 2.76. The first-order valence-corrected chi connectivity index (χ1v) is 5.08. The molecule has 0 saturated carbocycles. The van der Waals surface area contributed by atoms with Gasteiger partial charge in [0, 0.05) is 13.2 Å². The summed E-state index contributed by atoms with van der Waals surface area (Å²) in [5, 5.41) is 0.0891. The first kappa shape index (κ1) is 10.6. The summed E-state index contributed by atoms with van der Waals surface area (Å²) in [6.45, 7) is 6.35. The van der Waals surface area contributed by atoms with Gasteiger partial charge >= 0.3 is 0 Å². The van der Waals surface area contributed by atoms with E-state index < -0.39 is 0 Å². The Labute approximate surface area is 84.9 Å². The predicted octanol–water partition coefficient (Wildman–Crippen LogP) is 3.05. The molecule has 74 valence electrons. The third-order valence-electron chi connectivity index (χ3n) is 2.26. The quantitative estimate of drug-likeness (QED) is 0.686. The van der Waals surface area contributed by atoms with Crippen LogP contribution in [0.5, 0.6) is 0 Å². The molecule has 0 aromatic carbocycles. The van der Waals surface area contributed by atoms with Crippen molar-refractivity contribution in [2.24, 2.45) is 13.0 Å². The van der Waals surface area contributed by atoms with Gasteiger partial charge < -0.3 is 4.57 Å². The molecule has 0 aliphatic rings. The van der Waals surface area contributed by atoms with E-state index in [1.165, 1.54) is 0 Å². The summed E-state index contributed by atoms with van der Waals surface area (Å²) in [5.41, 5.74) is 1.12. The summed E-state index contributed by atoms with van der Waals surface area (Å²) in [7, 11) is 2.01. The molecule has 0 fully saturated rings. The van der Waals surface area contributed by atoms with E-state index in [-0.39, 0.29) is 5.38 Å². The lowest BCUT2D eigenvalue weighted by Gasteiger charge is -2.12. The van der Waals surface area contributed by atoms with Crippen LogP contribution in [0.15, 0.2) is 6.20 Å². The molecular formula is C10H17ClN2. The molecule has 1 heterocycles. The zero-order valence-electron chi connectivity index (χ0n) is 8.71. The van der Waals surface area contributed by atoms with Gasteiger partial charge in [-0.2, -0.15) is 0 Å². The van der Waals surface area contributed by atoms with Gasteiger partial charge in [-0.3, -0.25) is 0 Å². The topological polar surface area (TPSA) is 17.8 Å². The van der Waals surface area contributed by atoms with E-state index in [2.05, 4.69) is 23.4 Å². The third-order valence-corrected chi connectivity index (χ3v) is 2.66. The monoisotopic (exact) mass is 200 g/mol. The van der Waals surface area contributed by atoms with Gasteiger partial charge in [0.15, 0.2) is 0 Å². The lowest BCUT2D eigenvalue weighted by molar-refractivity contribution is 0.559. The molecule has 1 rings (SSSR count). The Bertz CT molecular complexity index is 278. The van der Waals surface area contributed by atoms with Crippen LogP contribution in [0.3, 0.4) is 0 Å². The van der Waals surface area contributed by atoms with Crippen molar-refractivity contribution in [2.75, 3.05) is 0 Å². The molecule has 0 aliphatic carbocycles. The van der Waals surface area contributed by atoms with E-state index in [0.717, 1.165) is 17.9 Å². The molecule has 3 heteroatoms. The maximum Gasteiger partial charge on any atom is 0.105 e. The van der Waals surface area contributed by atoms with Crippen LogP contribution in [0.25, 0.3) is 0 Å². The second-order valence-corrected chi connectivity index (χ2v) is 4.41. The van der Waals surface area contributed by atoms with Gasteiger partial charge in [0.1, 0.15) is 5.82 Å². The molecule has 0 spiro atoms. The van der Waals surface area contributed by atoms with E-state index in [0.29, 0.717) is 5.92 Å². The number of imidazole rings is 1. The maximum atomic E-state index is 6.26. The average Bonchev–Trinajstić information content (AvgIpc) is 2.31. The minimum atomic E-state index is 0.0891. The number of hydrogen-bond acceptors (Lipinski definition) is 1. The molecule has 1 aromatic heterocycles. The molecule has 0 aliphatic heterocycles. The lowest BCUT2D eigenvalue weighted by Crippen LogP contribution is -2.03. The van der Waals surface area contributed by atoms with Gasteiger partial charge in [0.25, 0.3) is 0 Å². The van der Waals surface area contributed by atoms with E-state index in [1.54, 1.807) is 0 Å². The Morgan fingerprint density at radius 1 is 1.54 bits per heavy atom. The van der Waals surface area contributed by atoms with E-state index in [9.17, 15) is 0 Å². The van der Waals surface area contributed by atoms with Crippen LogP contribution in [0, 0.1) is 12.8 Å². The van der Waals surface area contributed by atoms with E-state index in [4.69, 9.17) is 11.6 Å². The van der Waals surface area contributed by atoms with Gasteiger partial charge in [0.2, 0.25) is 0 Å². The molecule has 1 aromatic rings. The van der Waals surface area contributed by atoms with Crippen LogP contribution >= 0.6 is 11.6 Å². The molecule has 13 heavy (non-hydrogen) atoms. The number of nitrogens with zero attached hydrogens (tertiary/aromatic N) is 2. The number of aromatic nitrogens is 2. The minimum Gasteiger partial charge on any atom is -0.334 e. The van der Waals surface area contributed by atoms with Gasteiger partial charge in [0.05, 0.1) is 11.1 Å². The van der Waals surface area contributed by atoms with E-state index in [1.807, 2.05) is 20.2 Å². The molecule has 0 bridgehead atoms. The molecule has 0 amide bonds. The zero-order valence-corrected chi connectivity index (χ0v) is 9.47. The maximum absolute atomic E-state index is 6.26. The molecule has 0 N–H and O–H groups in total. The summed E-state index contributed by atoms with van der Waals surface area (Å²) in [4.78, 5) is 4.22. The van der Waals surface area contributed by atoms with E-state index >= 15 is 0 Å². The summed E-state index contributed by atoms with van der Waals surface area (Å²) >= 11 is 6.26. The second kappa shape index (κ2) is 4.14. The SMILES string of the molecule is Cc1ncc(C(Cl)CC(C)C)n1C. The largest absolute Gasteiger partial charge is 0.334 e. The number of rotatable bonds is 3.